The number of nitro groups is 1. The van der Waals surface area contributed by atoms with Crippen LogP contribution in [0.1, 0.15) is 11.1 Å². The van der Waals surface area contributed by atoms with E-state index < -0.39 is 10.6 Å². The van der Waals surface area contributed by atoms with Crippen molar-refractivity contribution in [2.24, 2.45) is 0 Å². The Morgan fingerprint density at radius 2 is 2.13 bits per heavy atom. The number of anilines is 1. The molecule has 1 unspecified atom stereocenters. The molecule has 0 saturated carbocycles. The van der Waals surface area contributed by atoms with Gasteiger partial charge in [-0.2, -0.15) is 0 Å². The van der Waals surface area contributed by atoms with E-state index in [0.717, 1.165) is 22.1 Å². The van der Waals surface area contributed by atoms with E-state index in [-0.39, 0.29) is 5.69 Å². The minimum atomic E-state index is -0.577. The highest BCUT2D eigenvalue weighted by Gasteiger charge is 2.44. The van der Waals surface area contributed by atoms with Crippen molar-refractivity contribution < 1.29 is 9.66 Å². The number of fused-ring (bicyclic) bond motifs is 2. The monoisotopic (exact) mass is 372 g/mol. The van der Waals surface area contributed by atoms with Gasteiger partial charge in [0.05, 0.1) is 4.92 Å². The Hall–Kier alpha value is -2.34. The van der Waals surface area contributed by atoms with Crippen molar-refractivity contribution in [1.82, 2.24) is 0 Å². The summed E-state index contributed by atoms with van der Waals surface area (Å²) in [5, 5.41) is 10.9. The van der Waals surface area contributed by atoms with E-state index in [1.54, 1.807) is 6.07 Å². The average molecular weight is 373 g/mol. The predicted molar refractivity (Wildman–Crippen MR) is 91.7 cm³/mol. The van der Waals surface area contributed by atoms with Gasteiger partial charge in [0.2, 0.25) is 5.72 Å². The van der Waals surface area contributed by atoms with Crippen LogP contribution in [-0.4, -0.2) is 17.7 Å². The molecule has 0 amide bonds. The summed E-state index contributed by atoms with van der Waals surface area (Å²) in [4.78, 5) is 12.6. The molecule has 6 heteroatoms. The van der Waals surface area contributed by atoms with Crippen molar-refractivity contribution in [2.45, 2.75) is 12.1 Å². The molecular formula is C17H13BrN2O3. The summed E-state index contributed by atoms with van der Waals surface area (Å²) >= 11 is 3.50. The van der Waals surface area contributed by atoms with Gasteiger partial charge in [-0.3, -0.25) is 10.1 Å². The standard InChI is InChI=1S/C17H13BrN2O3/c1-19-15-4-2-13(18)8-12(15)10-17(19)7-6-11-9-14(20(21)22)3-5-16(11)23-17/h2-9H,10H2,1H3. The van der Waals surface area contributed by atoms with Crippen molar-refractivity contribution >= 4 is 33.4 Å². The Bertz CT molecular complexity index is 865. The van der Waals surface area contributed by atoms with Crippen LogP contribution in [0.4, 0.5) is 11.4 Å². The number of rotatable bonds is 1. The van der Waals surface area contributed by atoms with Crippen LogP contribution < -0.4 is 9.64 Å². The molecule has 5 nitrogen and oxygen atoms in total. The Kier molecular flexibility index (Phi) is 2.99. The predicted octanol–water partition coefficient (Wildman–Crippen LogP) is 4.15. The first-order chi connectivity index (χ1) is 11.0. The van der Waals surface area contributed by atoms with E-state index in [1.807, 2.05) is 25.3 Å². The van der Waals surface area contributed by atoms with Crippen LogP contribution in [0.3, 0.4) is 0 Å². The summed E-state index contributed by atoms with van der Waals surface area (Å²) in [7, 11) is 2.00. The van der Waals surface area contributed by atoms with Gasteiger partial charge in [0.15, 0.2) is 0 Å². The molecule has 4 rings (SSSR count). The zero-order valence-electron chi connectivity index (χ0n) is 12.3. The lowest BCUT2D eigenvalue weighted by Crippen LogP contribution is -2.49. The summed E-state index contributed by atoms with van der Waals surface area (Å²) in [6.45, 7) is 0. The van der Waals surface area contributed by atoms with E-state index in [9.17, 15) is 10.1 Å². The van der Waals surface area contributed by atoms with Crippen molar-refractivity contribution in [2.75, 3.05) is 11.9 Å². The smallest absolute Gasteiger partial charge is 0.270 e. The van der Waals surface area contributed by atoms with Crippen molar-refractivity contribution in [3.05, 3.63) is 68.2 Å². The van der Waals surface area contributed by atoms with Crippen LogP contribution in [0.5, 0.6) is 5.75 Å². The number of halogens is 1. The van der Waals surface area contributed by atoms with Gasteiger partial charge >= 0.3 is 0 Å². The lowest BCUT2D eigenvalue weighted by molar-refractivity contribution is -0.384. The van der Waals surface area contributed by atoms with Gasteiger partial charge in [0.1, 0.15) is 5.75 Å². The van der Waals surface area contributed by atoms with Crippen LogP contribution in [0.2, 0.25) is 0 Å². The highest BCUT2D eigenvalue weighted by molar-refractivity contribution is 9.10. The highest BCUT2D eigenvalue weighted by atomic mass is 79.9. The van der Waals surface area contributed by atoms with Gasteiger partial charge in [0.25, 0.3) is 5.69 Å². The summed E-state index contributed by atoms with van der Waals surface area (Å²) in [5.74, 6) is 0.664. The van der Waals surface area contributed by atoms with Crippen LogP contribution in [-0.2, 0) is 6.42 Å². The molecule has 116 valence electrons. The molecule has 2 heterocycles. The molecule has 0 radical (unpaired) electrons. The van der Waals surface area contributed by atoms with Crippen LogP contribution in [0, 0.1) is 10.1 Å². The Labute approximate surface area is 141 Å². The second-order valence-corrected chi connectivity index (χ2v) is 6.68. The SMILES string of the molecule is CN1c2ccc(Br)cc2CC12C=Cc1cc([N+](=O)[O-])ccc1O2. The lowest BCUT2D eigenvalue weighted by atomic mass is 10.0. The van der Waals surface area contributed by atoms with Crippen LogP contribution in [0.25, 0.3) is 6.08 Å². The molecule has 2 aliphatic heterocycles. The Morgan fingerprint density at radius 1 is 1.30 bits per heavy atom. The molecule has 0 N–H and O–H groups in total. The molecule has 0 aromatic heterocycles. The summed E-state index contributed by atoms with van der Waals surface area (Å²) in [6, 6.07) is 10.9. The number of benzene rings is 2. The fourth-order valence-electron chi connectivity index (χ4n) is 3.21. The fraction of sp³-hybridized carbons (Fsp3) is 0.176. The summed E-state index contributed by atoms with van der Waals surface area (Å²) in [5.41, 5.74) is 2.56. The zero-order chi connectivity index (χ0) is 16.2. The van der Waals surface area contributed by atoms with Gasteiger partial charge in [-0.1, -0.05) is 15.9 Å². The first kappa shape index (κ1) is 14.3. The summed E-state index contributed by atoms with van der Waals surface area (Å²) < 4.78 is 7.29. The van der Waals surface area contributed by atoms with E-state index in [0.29, 0.717) is 5.75 Å². The molecule has 1 atom stereocenters. The molecule has 23 heavy (non-hydrogen) atoms. The van der Waals surface area contributed by atoms with E-state index in [4.69, 9.17) is 4.74 Å². The van der Waals surface area contributed by atoms with Crippen molar-refractivity contribution in [3.63, 3.8) is 0 Å². The van der Waals surface area contributed by atoms with Crippen LogP contribution in [0.15, 0.2) is 46.9 Å². The third-order valence-corrected chi connectivity index (χ3v) is 4.92. The number of likely N-dealkylation sites (N-methyl/N-ethyl adjacent to an activating group) is 1. The van der Waals surface area contributed by atoms with Gasteiger partial charge in [0, 0.05) is 41.3 Å². The summed E-state index contributed by atoms with van der Waals surface area (Å²) in [6.07, 6.45) is 4.61. The molecular weight excluding hydrogens is 360 g/mol. The first-order valence-corrected chi connectivity index (χ1v) is 7.97. The molecule has 0 fully saturated rings. The number of nitro benzene ring substituents is 1. The molecule has 2 aromatic carbocycles. The lowest BCUT2D eigenvalue weighted by Gasteiger charge is -2.38. The normalized spacial score (nSPS) is 21.0. The number of nitrogens with zero attached hydrogens (tertiary/aromatic N) is 2. The molecule has 1 spiro atoms. The second-order valence-electron chi connectivity index (χ2n) is 5.77. The van der Waals surface area contributed by atoms with Crippen LogP contribution >= 0.6 is 15.9 Å². The second kappa shape index (κ2) is 4.83. The topological polar surface area (TPSA) is 55.6 Å². The Morgan fingerprint density at radius 3 is 2.91 bits per heavy atom. The third-order valence-electron chi connectivity index (χ3n) is 4.43. The number of non-ortho nitro benzene ring substituents is 1. The third kappa shape index (κ3) is 2.13. The minimum absolute atomic E-state index is 0.0694. The van der Waals surface area contributed by atoms with Crippen molar-refractivity contribution in [1.29, 1.82) is 0 Å². The van der Waals surface area contributed by atoms with E-state index >= 15 is 0 Å². The first-order valence-electron chi connectivity index (χ1n) is 7.17. The minimum Gasteiger partial charge on any atom is -0.463 e. The van der Waals surface area contributed by atoms with Gasteiger partial charge in [-0.05, 0) is 42.0 Å². The van der Waals surface area contributed by atoms with E-state index in [2.05, 4.69) is 33.0 Å². The maximum Gasteiger partial charge on any atom is 0.270 e. The van der Waals surface area contributed by atoms with Gasteiger partial charge < -0.3 is 9.64 Å². The van der Waals surface area contributed by atoms with E-state index in [1.165, 1.54) is 17.7 Å². The number of ether oxygens (including phenoxy) is 1. The highest BCUT2D eigenvalue weighted by Crippen LogP contribution is 2.44. The molecule has 0 bridgehead atoms. The fourth-order valence-corrected chi connectivity index (χ4v) is 3.62. The maximum atomic E-state index is 10.9. The van der Waals surface area contributed by atoms with Gasteiger partial charge in [-0.25, -0.2) is 0 Å². The van der Waals surface area contributed by atoms with Crippen molar-refractivity contribution in [3.8, 4) is 5.75 Å². The molecule has 0 aliphatic carbocycles. The molecule has 2 aliphatic rings. The quantitative estimate of drug-likeness (QED) is 0.557. The number of hydrogen-bond donors (Lipinski definition) is 0. The molecule has 0 saturated heterocycles. The number of hydrogen-bond acceptors (Lipinski definition) is 4. The van der Waals surface area contributed by atoms with Gasteiger partial charge in [-0.15, -0.1) is 0 Å². The molecule has 2 aromatic rings. The Balaban J connectivity index is 1.74. The largest absolute Gasteiger partial charge is 0.463 e. The average Bonchev–Trinajstić information content (AvgIpc) is 2.78. The maximum absolute atomic E-state index is 10.9. The zero-order valence-corrected chi connectivity index (χ0v) is 13.9.